The van der Waals surface area contributed by atoms with Crippen LogP contribution in [0.15, 0.2) is 6.07 Å². The Morgan fingerprint density at radius 3 is 2.94 bits per heavy atom. The fourth-order valence-corrected chi connectivity index (χ4v) is 3.82. The first-order valence-electron chi connectivity index (χ1n) is 6.98. The van der Waals surface area contributed by atoms with E-state index in [2.05, 4.69) is 31.9 Å². The molecular formula is C14H24N2OS. The molecule has 1 fully saturated rings. The van der Waals surface area contributed by atoms with Gasteiger partial charge in [0, 0.05) is 23.9 Å². The maximum Gasteiger partial charge on any atom is 0.0818 e. The Hall–Kier alpha value is -0.480. The third-order valence-corrected chi connectivity index (χ3v) is 5.40. The maximum atomic E-state index is 10.8. The van der Waals surface area contributed by atoms with Crippen LogP contribution in [0, 0.1) is 0 Å². The zero-order valence-electron chi connectivity index (χ0n) is 11.6. The van der Waals surface area contributed by atoms with E-state index in [1.807, 2.05) is 16.4 Å². The van der Waals surface area contributed by atoms with Crippen LogP contribution in [-0.2, 0) is 19.4 Å². The molecule has 1 aromatic heterocycles. The van der Waals surface area contributed by atoms with Crippen molar-refractivity contribution in [3.63, 3.8) is 0 Å². The fraction of sp³-hybridized carbons (Fsp3) is 0.786. The second-order valence-corrected chi connectivity index (χ2v) is 6.64. The van der Waals surface area contributed by atoms with Crippen molar-refractivity contribution in [1.29, 1.82) is 0 Å². The molecule has 1 aromatic rings. The summed E-state index contributed by atoms with van der Waals surface area (Å²) in [7, 11) is 0. The summed E-state index contributed by atoms with van der Waals surface area (Å²) >= 11 is 1.89. The number of hydrogen-bond acceptors (Lipinski definition) is 3. The molecule has 1 saturated heterocycles. The van der Waals surface area contributed by atoms with Crippen LogP contribution in [0.3, 0.4) is 0 Å². The summed E-state index contributed by atoms with van der Waals surface area (Å²) in [6.45, 7) is 7.27. The third-order valence-electron chi connectivity index (χ3n) is 3.94. The molecule has 0 aliphatic carbocycles. The summed E-state index contributed by atoms with van der Waals surface area (Å²) in [6.07, 6.45) is 3.73. The van der Waals surface area contributed by atoms with Crippen LogP contribution in [0.5, 0.6) is 0 Å². The molecule has 2 heterocycles. The summed E-state index contributed by atoms with van der Waals surface area (Å²) in [6, 6.07) is 2.16. The molecule has 1 N–H and O–H groups in total. The quantitative estimate of drug-likeness (QED) is 0.912. The highest BCUT2D eigenvalue weighted by Crippen LogP contribution is 2.36. The SMILES string of the molecule is CCc1cc(CC2(O)CCCSC2C)n(CC)n1. The minimum atomic E-state index is -0.555. The lowest BCUT2D eigenvalue weighted by molar-refractivity contribution is 0.0278. The Bertz CT molecular complexity index is 404. The standard InChI is InChI=1S/C14H24N2OS/c1-4-12-9-13(16(5-2)15-12)10-14(17)7-6-8-18-11(14)3/h9,11,17H,4-8,10H2,1-3H3. The van der Waals surface area contributed by atoms with Crippen molar-refractivity contribution in [3.8, 4) is 0 Å². The average Bonchev–Trinajstić information content (AvgIpc) is 2.75. The van der Waals surface area contributed by atoms with Gasteiger partial charge >= 0.3 is 0 Å². The van der Waals surface area contributed by atoms with E-state index in [1.54, 1.807) is 0 Å². The average molecular weight is 268 g/mol. The van der Waals surface area contributed by atoms with E-state index in [4.69, 9.17) is 0 Å². The van der Waals surface area contributed by atoms with Gasteiger partial charge in [-0.15, -0.1) is 0 Å². The fourth-order valence-electron chi connectivity index (χ4n) is 2.65. The number of aryl methyl sites for hydroxylation is 2. The zero-order valence-corrected chi connectivity index (χ0v) is 12.5. The van der Waals surface area contributed by atoms with E-state index in [0.717, 1.165) is 37.9 Å². The van der Waals surface area contributed by atoms with Crippen LogP contribution in [0.2, 0.25) is 0 Å². The molecule has 3 nitrogen and oxygen atoms in total. The zero-order chi connectivity index (χ0) is 13.2. The molecule has 2 unspecified atom stereocenters. The van der Waals surface area contributed by atoms with Crippen LogP contribution in [0.1, 0.15) is 45.0 Å². The predicted octanol–water partition coefficient (Wildman–Crippen LogP) is 2.65. The van der Waals surface area contributed by atoms with Crippen molar-refractivity contribution < 1.29 is 5.11 Å². The minimum Gasteiger partial charge on any atom is -0.388 e. The van der Waals surface area contributed by atoms with Crippen molar-refractivity contribution in [2.45, 2.75) is 63.9 Å². The summed E-state index contributed by atoms with van der Waals surface area (Å²) < 4.78 is 2.04. The molecule has 0 saturated carbocycles. The highest BCUT2D eigenvalue weighted by Gasteiger charge is 2.37. The number of rotatable bonds is 4. The normalized spacial score (nSPS) is 28.6. The Morgan fingerprint density at radius 1 is 1.56 bits per heavy atom. The third kappa shape index (κ3) is 2.75. The molecule has 0 bridgehead atoms. The Kier molecular flexibility index (Phi) is 4.38. The van der Waals surface area contributed by atoms with E-state index in [0.29, 0.717) is 5.25 Å². The van der Waals surface area contributed by atoms with Crippen LogP contribution < -0.4 is 0 Å². The van der Waals surface area contributed by atoms with Gasteiger partial charge in [-0.25, -0.2) is 0 Å². The first-order valence-corrected chi connectivity index (χ1v) is 8.03. The summed E-state index contributed by atoms with van der Waals surface area (Å²) in [4.78, 5) is 0. The Balaban J connectivity index is 2.19. The van der Waals surface area contributed by atoms with Gasteiger partial charge in [0.25, 0.3) is 0 Å². The van der Waals surface area contributed by atoms with Crippen LogP contribution >= 0.6 is 11.8 Å². The van der Waals surface area contributed by atoms with Gasteiger partial charge in [0.2, 0.25) is 0 Å². The lowest BCUT2D eigenvalue weighted by atomic mass is 9.88. The number of aromatic nitrogens is 2. The maximum absolute atomic E-state index is 10.8. The molecule has 1 aliphatic heterocycles. The Morgan fingerprint density at radius 2 is 2.33 bits per heavy atom. The summed E-state index contributed by atoms with van der Waals surface area (Å²) in [5.41, 5.74) is 1.76. The molecule has 102 valence electrons. The van der Waals surface area contributed by atoms with Gasteiger partial charge in [-0.1, -0.05) is 13.8 Å². The van der Waals surface area contributed by atoms with Crippen molar-refractivity contribution >= 4 is 11.8 Å². The van der Waals surface area contributed by atoms with Crippen molar-refractivity contribution in [2.24, 2.45) is 0 Å². The van der Waals surface area contributed by atoms with Gasteiger partial charge in [-0.05, 0) is 38.0 Å². The molecule has 0 amide bonds. The lowest BCUT2D eigenvalue weighted by Gasteiger charge is -2.37. The topological polar surface area (TPSA) is 38.0 Å². The van der Waals surface area contributed by atoms with Gasteiger partial charge in [0.15, 0.2) is 0 Å². The van der Waals surface area contributed by atoms with Gasteiger partial charge in [0.05, 0.1) is 11.3 Å². The molecular weight excluding hydrogens is 244 g/mol. The van der Waals surface area contributed by atoms with Gasteiger partial charge in [-0.2, -0.15) is 16.9 Å². The minimum absolute atomic E-state index is 0.316. The first-order chi connectivity index (χ1) is 8.59. The molecule has 0 spiro atoms. The van der Waals surface area contributed by atoms with E-state index >= 15 is 0 Å². The molecule has 2 atom stereocenters. The number of aliphatic hydroxyl groups is 1. The summed E-state index contributed by atoms with van der Waals surface area (Å²) in [5.74, 6) is 1.18. The predicted molar refractivity (Wildman–Crippen MR) is 77.1 cm³/mol. The van der Waals surface area contributed by atoms with Crippen molar-refractivity contribution in [1.82, 2.24) is 9.78 Å². The molecule has 1 aliphatic rings. The molecule has 2 rings (SSSR count). The van der Waals surface area contributed by atoms with E-state index in [1.165, 1.54) is 11.4 Å². The molecule has 18 heavy (non-hydrogen) atoms. The monoisotopic (exact) mass is 268 g/mol. The Labute approximate surface area is 114 Å². The smallest absolute Gasteiger partial charge is 0.0818 e. The van der Waals surface area contributed by atoms with Crippen molar-refractivity contribution in [2.75, 3.05) is 5.75 Å². The summed E-state index contributed by atoms with van der Waals surface area (Å²) in [5, 5.41) is 15.7. The first kappa shape index (κ1) is 13.9. The van der Waals surface area contributed by atoms with Gasteiger partial charge in [-0.3, -0.25) is 4.68 Å². The number of nitrogens with zero attached hydrogens (tertiary/aromatic N) is 2. The van der Waals surface area contributed by atoms with E-state index < -0.39 is 5.60 Å². The lowest BCUT2D eigenvalue weighted by Crippen LogP contribution is -2.44. The van der Waals surface area contributed by atoms with Crippen LogP contribution in [0.25, 0.3) is 0 Å². The van der Waals surface area contributed by atoms with Gasteiger partial charge in [0.1, 0.15) is 0 Å². The van der Waals surface area contributed by atoms with Crippen molar-refractivity contribution in [3.05, 3.63) is 17.5 Å². The largest absolute Gasteiger partial charge is 0.388 e. The van der Waals surface area contributed by atoms with Crippen LogP contribution in [-0.4, -0.2) is 31.5 Å². The highest BCUT2D eigenvalue weighted by atomic mass is 32.2. The highest BCUT2D eigenvalue weighted by molar-refractivity contribution is 8.00. The molecule has 0 aromatic carbocycles. The van der Waals surface area contributed by atoms with Gasteiger partial charge < -0.3 is 5.11 Å². The molecule has 0 radical (unpaired) electrons. The number of hydrogen-bond donors (Lipinski definition) is 1. The number of thioether (sulfide) groups is 1. The second-order valence-electron chi connectivity index (χ2n) is 5.19. The van der Waals surface area contributed by atoms with E-state index in [9.17, 15) is 5.11 Å². The second kappa shape index (κ2) is 5.66. The van der Waals surface area contributed by atoms with Crippen LogP contribution in [0.4, 0.5) is 0 Å². The molecule has 4 heteroatoms. The van der Waals surface area contributed by atoms with E-state index in [-0.39, 0.29) is 0 Å².